The molecular weight excluding hydrogens is 276 g/mol. The molecule has 0 bridgehead atoms. The third-order valence-corrected chi connectivity index (χ3v) is 4.01. The Hall–Kier alpha value is -1.99. The number of hydrogen-bond donors (Lipinski definition) is 2. The molecule has 0 aromatic carbocycles. The van der Waals surface area contributed by atoms with E-state index in [-0.39, 0.29) is 11.4 Å². The van der Waals surface area contributed by atoms with E-state index < -0.39 is 10.0 Å². The van der Waals surface area contributed by atoms with Crippen molar-refractivity contribution in [2.45, 2.75) is 18.4 Å². The molecular formula is C13H16N4O2S. The second kappa shape index (κ2) is 6.44. The third-order valence-electron chi connectivity index (χ3n) is 2.62. The lowest BCUT2D eigenvalue weighted by molar-refractivity contribution is 0.581. The Morgan fingerprint density at radius 3 is 2.60 bits per heavy atom. The molecule has 2 aromatic rings. The van der Waals surface area contributed by atoms with E-state index in [9.17, 15) is 8.42 Å². The van der Waals surface area contributed by atoms with Crippen molar-refractivity contribution in [1.82, 2.24) is 14.7 Å². The molecule has 0 unspecified atom stereocenters. The SMILES string of the molecule is CCNc1cc(S(=O)(=O)NCc2ccncc2)ccn1. The van der Waals surface area contributed by atoms with Crippen LogP contribution in [0.1, 0.15) is 12.5 Å². The van der Waals surface area contributed by atoms with Crippen LogP contribution in [0.25, 0.3) is 0 Å². The summed E-state index contributed by atoms with van der Waals surface area (Å²) in [6.07, 6.45) is 4.72. The van der Waals surface area contributed by atoms with Gasteiger partial charge in [-0.25, -0.2) is 18.1 Å². The fourth-order valence-corrected chi connectivity index (χ4v) is 2.65. The highest BCUT2D eigenvalue weighted by Gasteiger charge is 2.14. The van der Waals surface area contributed by atoms with Gasteiger partial charge in [0.2, 0.25) is 10.0 Å². The number of nitrogens with one attached hydrogen (secondary N) is 2. The lowest BCUT2D eigenvalue weighted by Gasteiger charge is -2.08. The lowest BCUT2D eigenvalue weighted by Crippen LogP contribution is -2.23. The summed E-state index contributed by atoms with van der Waals surface area (Å²) in [5.74, 6) is 0.541. The van der Waals surface area contributed by atoms with Gasteiger partial charge in [0, 0.05) is 37.7 Å². The highest BCUT2D eigenvalue weighted by atomic mass is 32.2. The number of nitrogens with zero attached hydrogens (tertiary/aromatic N) is 2. The maximum absolute atomic E-state index is 12.2. The first-order chi connectivity index (χ1) is 9.62. The van der Waals surface area contributed by atoms with E-state index in [4.69, 9.17) is 0 Å². The van der Waals surface area contributed by atoms with Crippen LogP contribution in [0.2, 0.25) is 0 Å². The predicted octanol–water partition coefficient (Wildman–Crippen LogP) is 1.39. The smallest absolute Gasteiger partial charge is 0.241 e. The Labute approximate surface area is 118 Å². The summed E-state index contributed by atoms with van der Waals surface area (Å²) in [5, 5.41) is 2.98. The molecule has 7 heteroatoms. The second-order valence-corrected chi connectivity index (χ2v) is 5.85. The minimum Gasteiger partial charge on any atom is -0.370 e. The summed E-state index contributed by atoms with van der Waals surface area (Å²) in [6, 6.07) is 6.51. The summed E-state index contributed by atoms with van der Waals surface area (Å²) in [7, 11) is -3.55. The van der Waals surface area contributed by atoms with Gasteiger partial charge in [-0.05, 0) is 30.7 Å². The zero-order valence-electron chi connectivity index (χ0n) is 11.1. The molecule has 0 atom stereocenters. The number of aromatic nitrogens is 2. The molecule has 2 N–H and O–H groups in total. The molecule has 6 nitrogen and oxygen atoms in total. The van der Waals surface area contributed by atoms with Crippen molar-refractivity contribution in [3.05, 3.63) is 48.4 Å². The molecule has 2 aromatic heterocycles. The van der Waals surface area contributed by atoms with Crippen LogP contribution in [0, 0.1) is 0 Å². The van der Waals surface area contributed by atoms with Crippen LogP contribution in [0.4, 0.5) is 5.82 Å². The normalized spacial score (nSPS) is 11.2. The van der Waals surface area contributed by atoms with Crippen molar-refractivity contribution in [2.24, 2.45) is 0 Å². The number of anilines is 1. The van der Waals surface area contributed by atoms with Gasteiger partial charge in [-0.15, -0.1) is 0 Å². The van der Waals surface area contributed by atoms with E-state index >= 15 is 0 Å². The van der Waals surface area contributed by atoms with Crippen molar-refractivity contribution >= 4 is 15.8 Å². The quantitative estimate of drug-likeness (QED) is 0.840. The predicted molar refractivity (Wildman–Crippen MR) is 76.7 cm³/mol. The summed E-state index contributed by atoms with van der Waals surface area (Å²) >= 11 is 0. The van der Waals surface area contributed by atoms with Gasteiger partial charge < -0.3 is 5.32 Å². The van der Waals surface area contributed by atoms with Crippen LogP contribution >= 0.6 is 0 Å². The van der Waals surface area contributed by atoms with Gasteiger partial charge in [0.25, 0.3) is 0 Å². The number of rotatable bonds is 6. The highest BCUT2D eigenvalue weighted by Crippen LogP contribution is 2.13. The van der Waals surface area contributed by atoms with Crippen molar-refractivity contribution in [3.63, 3.8) is 0 Å². The first-order valence-electron chi connectivity index (χ1n) is 6.20. The zero-order chi connectivity index (χ0) is 14.4. The molecule has 2 heterocycles. The van der Waals surface area contributed by atoms with Crippen LogP contribution in [0.15, 0.2) is 47.8 Å². The molecule has 0 radical (unpaired) electrons. The molecule has 0 spiro atoms. The highest BCUT2D eigenvalue weighted by molar-refractivity contribution is 7.89. The van der Waals surface area contributed by atoms with Crippen molar-refractivity contribution in [1.29, 1.82) is 0 Å². The van der Waals surface area contributed by atoms with E-state index in [0.29, 0.717) is 12.4 Å². The molecule has 0 aliphatic carbocycles. The fourth-order valence-electron chi connectivity index (χ4n) is 1.62. The molecule has 20 heavy (non-hydrogen) atoms. The van der Waals surface area contributed by atoms with Gasteiger partial charge in [0.05, 0.1) is 4.90 Å². The van der Waals surface area contributed by atoms with Crippen LogP contribution < -0.4 is 10.0 Å². The maximum Gasteiger partial charge on any atom is 0.241 e. The van der Waals surface area contributed by atoms with Crippen molar-refractivity contribution < 1.29 is 8.42 Å². The number of pyridine rings is 2. The number of hydrogen-bond acceptors (Lipinski definition) is 5. The van der Waals surface area contributed by atoms with Gasteiger partial charge in [0.15, 0.2) is 0 Å². The average molecular weight is 292 g/mol. The van der Waals surface area contributed by atoms with E-state index in [0.717, 1.165) is 5.56 Å². The van der Waals surface area contributed by atoms with Crippen LogP contribution in [-0.4, -0.2) is 24.9 Å². The van der Waals surface area contributed by atoms with E-state index in [2.05, 4.69) is 20.0 Å². The minimum atomic E-state index is -3.55. The summed E-state index contributed by atoms with van der Waals surface area (Å²) in [5.41, 5.74) is 0.851. The molecule has 106 valence electrons. The fraction of sp³-hybridized carbons (Fsp3) is 0.231. The standard InChI is InChI=1S/C13H16N4O2S/c1-2-15-13-9-12(5-8-16-13)20(18,19)17-10-11-3-6-14-7-4-11/h3-9,17H,2,10H2,1H3,(H,15,16). The Bertz CT molecular complexity index is 659. The van der Waals surface area contributed by atoms with Gasteiger partial charge in [0.1, 0.15) is 5.82 Å². The Kier molecular flexibility index (Phi) is 4.65. The minimum absolute atomic E-state index is 0.192. The largest absolute Gasteiger partial charge is 0.370 e. The molecule has 0 saturated heterocycles. The zero-order valence-corrected chi connectivity index (χ0v) is 11.9. The van der Waals surface area contributed by atoms with E-state index in [1.165, 1.54) is 18.3 Å². The first-order valence-corrected chi connectivity index (χ1v) is 7.68. The van der Waals surface area contributed by atoms with Gasteiger partial charge in [-0.2, -0.15) is 0 Å². The van der Waals surface area contributed by atoms with Gasteiger partial charge in [-0.3, -0.25) is 4.98 Å². The summed E-state index contributed by atoms with van der Waals surface area (Å²) in [4.78, 5) is 8.13. The Morgan fingerprint density at radius 2 is 1.90 bits per heavy atom. The molecule has 0 fully saturated rings. The summed E-state index contributed by atoms with van der Waals surface area (Å²) in [6.45, 7) is 2.83. The lowest BCUT2D eigenvalue weighted by atomic mass is 10.3. The number of sulfonamides is 1. The van der Waals surface area contributed by atoms with Crippen LogP contribution in [0.5, 0.6) is 0 Å². The topological polar surface area (TPSA) is 84.0 Å². The Balaban J connectivity index is 2.12. The monoisotopic (exact) mass is 292 g/mol. The van der Waals surface area contributed by atoms with E-state index in [1.807, 2.05) is 6.92 Å². The average Bonchev–Trinajstić information content (AvgIpc) is 2.47. The molecule has 0 aliphatic rings. The molecule has 2 rings (SSSR count). The molecule has 0 amide bonds. The second-order valence-electron chi connectivity index (χ2n) is 4.09. The molecule has 0 aliphatic heterocycles. The van der Waals surface area contributed by atoms with E-state index in [1.54, 1.807) is 24.5 Å². The van der Waals surface area contributed by atoms with Gasteiger partial charge in [-0.1, -0.05) is 0 Å². The van der Waals surface area contributed by atoms with Crippen LogP contribution in [0.3, 0.4) is 0 Å². The maximum atomic E-state index is 12.2. The van der Waals surface area contributed by atoms with Crippen LogP contribution in [-0.2, 0) is 16.6 Å². The van der Waals surface area contributed by atoms with Crippen molar-refractivity contribution in [3.8, 4) is 0 Å². The molecule has 0 saturated carbocycles. The van der Waals surface area contributed by atoms with Crippen molar-refractivity contribution in [2.75, 3.05) is 11.9 Å². The summed E-state index contributed by atoms with van der Waals surface area (Å²) < 4.78 is 26.9. The third kappa shape index (κ3) is 3.75. The first kappa shape index (κ1) is 14.4. The van der Waals surface area contributed by atoms with Gasteiger partial charge >= 0.3 is 0 Å². The Morgan fingerprint density at radius 1 is 1.15 bits per heavy atom.